The van der Waals surface area contributed by atoms with E-state index < -0.39 is 0 Å². The fourth-order valence-corrected chi connectivity index (χ4v) is 1.26. The number of urea groups is 1. The van der Waals surface area contributed by atoms with Crippen LogP contribution in [0.3, 0.4) is 0 Å². The van der Waals surface area contributed by atoms with E-state index in [1.54, 1.807) is 4.90 Å². The predicted octanol–water partition coefficient (Wildman–Crippen LogP) is 2.26. The van der Waals surface area contributed by atoms with Crippen molar-refractivity contribution in [3.8, 4) is 0 Å². The van der Waals surface area contributed by atoms with Crippen LogP contribution in [-0.4, -0.2) is 19.1 Å². The van der Waals surface area contributed by atoms with Crippen molar-refractivity contribution in [1.29, 1.82) is 0 Å². The van der Waals surface area contributed by atoms with Crippen molar-refractivity contribution in [2.75, 3.05) is 18.0 Å². The first-order chi connectivity index (χ1) is 6.79. The van der Waals surface area contributed by atoms with E-state index in [-0.39, 0.29) is 6.03 Å². The van der Waals surface area contributed by atoms with Crippen molar-refractivity contribution in [2.45, 2.75) is 13.8 Å². The van der Waals surface area contributed by atoms with Gasteiger partial charge in [0.15, 0.2) is 0 Å². The van der Waals surface area contributed by atoms with E-state index in [1.165, 1.54) is 0 Å². The van der Waals surface area contributed by atoms with Gasteiger partial charge < -0.3 is 0 Å². The molecule has 1 aromatic carbocycles. The molecule has 75 valence electrons. The molecule has 0 aromatic heterocycles. The number of hydrogen-bond acceptors (Lipinski definition) is 1. The molecule has 0 heterocycles. The molecule has 0 bridgehead atoms. The summed E-state index contributed by atoms with van der Waals surface area (Å²) < 4.78 is 0. The number of rotatable bonds is 3. The lowest BCUT2D eigenvalue weighted by Crippen LogP contribution is -2.35. The van der Waals surface area contributed by atoms with Crippen LogP contribution in [0, 0.1) is 0 Å². The van der Waals surface area contributed by atoms with Crippen molar-refractivity contribution in [3.05, 3.63) is 30.3 Å². The van der Waals surface area contributed by atoms with Crippen molar-refractivity contribution < 1.29 is 4.79 Å². The molecule has 0 saturated heterocycles. The van der Waals surface area contributed by atoms with E-state index in [2.05, 4.69) is 5.32 Å². The molecule has 14 heavy (non-hydrogen) atoms. The third kappa shape index (κ3) is 2.49. The molecule has 0 aliphatic heterocycles. The smallest absolute Gasteiger partial charge is 0.293 e. The van der Waals surface area contributed by atoms with Gasteiger partial charge in [0, 0.05) is 18.8 Å². The van der Waals surface area contributed by atoms with E-state index in [9.17, 15) is 4.79 Å². The second kappa shape index (κ2) is 5.27. The van der Waals surface area contributed by atoms with Gasteiger partial charge in [-0.3, -0.25) is 4.90 Å². The summed E-state index contributed by atoms with van der Waals surface area (Å²) in [6, 6.07) is 9.41. The molecule has 0 atom stereocenters. The molecule has 3 nitrogen and oxygen atoms in total. The molecular formula is C11H15N2O. The quantitative estimate of drug-likeness (QED) is 0.721. The highest BCUT2D eigenvalue weighted by atomic mass is 16.2. The summed E-state index contributed by atoms with van der Waals surface area (Å²) in [5, 5.41) is 3.86. The van der Waals surface area contributed by atoms with Crippen molar-refractivity contribution in [2.24, 2.45) is 0 Å². The number of hydrogen-bond donors (Lipinski definition) is 0. The van der Waals surface area contributed by atoms with Gasteiger partial charge in [0.2, 0.25) is 0 Å². The van der Waals surface area contributed by atoms with E-state index in [1.807, 2.05) is 44.2 Å². The van der Waals surface area contributed by atoms with Gasteiger partial charge in [0.05, 0.1) is 0 Å². The summed E-state index contributed by atoms with van der Waals surface area (Å²) in [6.45, 7) is 4.97. The molecule has 0 spiro atoms. The Labute approximate surface area is 84.7 Å². The molecule has 0 aliphatic carbocycles. The third-order valence-corrected chi connectivity index (χ3v) is 1.91. The molecule has 0 fully saturated rings. The number of nitrogens with zero attached hydrogens (tertiary/aromatic N) is 2. The molecule has 2 amide bonds. The molecule has 0 aliphatic rings. The highest BCUT2D eigenvalue weighted by Gasteiger charge is 2.12. The predicted molar refractivity (Wildman–Crippen MR) is 57.5 cm³/mol. The number of para-hydroxylation sites is 1. The Kier molecular flexibility index (Phi) is 3.98. The lowest BCUT2D eigenvalue weighted by Gasteiger charge is -2.19. The monoisotopic (exact) mass is 191 g/mol. The molecule has 0 saturated carbocycles. The van der Waals surface area contributed by atoms with Gasteiger partial charge >= 0.3 is 6.03 Å². The normalized spacial score (nSPS) is 9.57. The Morgan fingerprint density at radius 1 is 1.29 bits per heavy atom. The molecular weight excluding hydrogens is 176 g/mol. The third-order valence-electron chi connectivity index (χ3n) is 1.91. The summed E-state index contributed by atoms with van der Waals surface area (Å²) in [4.78, 5) is 13.2. The first-order valence-electron chi connectivity index (χ1n) is 4.83. The van der Waals surface area contributed by atoms with Crippen molar-refractivity contribution in [3.63, 3.8) is 0 Å². The molecule has 0 unspecified atom stereocenters. The number of carbonyl (C=O) groups is 1. The Morgan fingerprint density at radius 3 is 2.43 bits per heavy atom. The van der Waals surface area contributed by atoms with Crippen LogP contribution < -0.4 is 10.2 Å². The largest absolute Gasteiger partial charge is 0.343 e. The summed E-state index contributed by atoms with van der Waals surface area (Å²) in [5.74, 6) is 0. The topological polar surface area (TPSA) is 34.4 Å². The first kappa shape index (κ1) is 10.6. The molecule has 1 radical (unpaired) electrons. The molecule has 3 heteroatoms. The highest BCUT2D eigenvalue weighted by Crippen LogP contribution is 2.12. The summed E-state index contributed by atoms with van der Waals surface area (Å²) >= 11 is 0. The van der Waals surface area contributed by atoms with Crippen LogP contribution >= 0.6 is 0 Å². The van der Waals surface area contributed by atoms with Crippen molar-refractivity contribution >= 4 is 11.7 Å². The van der Waals surface area contributed by atoms with Gasteiger partial charge in [0.1, 0.15) is 0 Å². The fourth-order valence-electron chi connectivity index (χ4n) is 1.26. The average molecular weight is 191 g/mol. The Hall–Kier alpha value is -1.51. The summed E-state index contributed by atoms with van der Waals surface area (Å²) in [5.41, 5.74) is 0.900. The van der Waals surface area contributed by atoms with Gasteiger partial charge in [-0.25, -0.2) is 10.1 Å². The standard InChI is InChI=1S/C11H15N2O/c1-3-12-11(14)13(4-2)10-8-6-5-7-9-10/h5-9H,3-4H2,1-2H3. The van der Waals surface area contributed by atoms with E-state index in [4.69, 9.17) is 0 Å². The fraction of sp³-hybridized carbons (Fsp3) is 0.364. The van der Waals surface area contributed by atoms with Crippen LogP contribution in [-0.2, 0) is 0 Å². The van der Waals surface area contributed by atoms with Gasteiger partial charge in [-0.2, -0.15) is 0 Å². The maximum Gasteiger partial charge on any atom is 0.343 e. The summed E-state index contributed by atoms with van der Waals surface area (Å²) in [6.07, 6.45) is 0. The van der Waals surface area contributed by atoms with Gasteiger partial charge in [-0.05, 0) is 26.0 Å². The maximum atomic E-state index is 11.5. The zero-order valence-electron chi connectivity index (χ0n) is 8.60. The average Bonchev–Trinajstić information content (AvgIpc) is 2.21. The SMILES string of the molecule is CC[N]C(=O)N(CC)c1ccccc1. The lowest BCUT2D eigenvalue weighted by atomic mass is 10.3. The molecule has 1 rings (SSSR count). The minimum absolute atomic E-state index is 0.166. The second-order valence-corrected chi connectivity index (χ2v) is 2.84. The lowest BCUT2D eigenvalue weighted by molar-refractivity contribution is 0.246. The Balaban J connectivity index is 2.77. The summed E-state index contributed by atoms with van der Waals surface area (Å²) in [7, 11) is 0. The minimum Gasteiger partial charge on any atom is -0.293 e. The van der Waals surface area contributed by atoms with Gasteiger partial charge in [-0.1, -0.05) is 18.2 Å². The number of amides is 2. The number of carbonyl (C=O) groups excluding carboxylic acids is 1. The van der Waals surface area contributed by atoms with Gasteiger partial charge in [0.25, 0.3) is 0 Å². The van der Waals surface area contributed by atoms with Crippen molar-refractivity contribution in [1.82, 2.24) is 5.32 Å². The zero-order chi connectivity index (χ0) is 10.4. The van der Waals surface area contributed by atoms with Crippen LogP contribution in [0.1, 0.15) is 13.8 Å². The van der Waals surface area contributed by atoms with E-state index in [0.29, 0.717) is 13.1 Å². The number of benzene rings is 1. The van der Waals surface area contributed by atoms with Gasteiger partial charge in [-0.15, -0.1) is 0 Å². The highest BCUT2D eigenvalue weighted by molar-refractivity contribution is 5.91. The minimum atomic E-state index is -0.166. The van der Waals surface area contributed by atoms with Crippen LogP contribution in [0.25, 0.3) is 0 Å². The van der Waals surface area contributed by atoms with Crippen LogP contribution in [0.5, 0.6) is 0 Å². The zero-order valence-corrected chi connectivity index (χ0v) is 8.60. The van der Waals surface area contributed by atoms with Crippen LogP contribution in [0.15, 0.2) is 30.3 Å². The van der Waals surface area contributed by atoms with E-state index >= 15 is 0 Å². The number of anilines is 1. The first-order valence-corrected chi connectivity index (χ1v) is 4.83. The van der Waals surface area contributed by atoms with E-state index in [0.717, 1.165) is 5.69 Å². The second-order valence-electron chi connectivity index (χ2n) is 2.84. The molecule has 1 aromatic rings. The van der Waals surface area contributed by atoms with Crippen LogP contribution in [0.2, 0.25) is 0 Å². The van der Waals surface area contributed by atoms with Crippen LogP contribution in [0.4, 0.5) is 10.5 Å². The Bertz CT molecular complexity index is 285. The molecule has 0 N–H and O–H groups in total. The Morgan fingerprint density at radius 2 is 1.93 bits per heavy atom. The maximum absolute atomic E-state index is 11.5.